The molecule has 0 aromatic heterocycles. The predicted molar refractivity (Wildman–Crippen MR) is 61.8 cm³/mol. The molecule has 0 aliphatic carbocycles. The number of hydrogen-bond donors (Lipinski definition) is 2. The lowest BCUT2D eigenvalue weighted by Gasteiger charge is -2.20. The molecule has 76 valence electrons. The lowest BCUT2D eigenvalue weighted by atomic mass is 10.2. The van der Waals surface area contributed by atoms with Gasteiger partial charge in [0.15, 0.2) is 0 Å². The first-order valence-corrected chi connectivity index (χ1v) is 5.01. The average Bonchev–Trinajstić information content (AvgIpc) is 2.26. The molecule has 0 spiro atoms. The van der Waals surface area contributed by atoms with E-state index in [9.17, 15) is 0 Å². The second kappa shape index (κ2) is 3.40. The Labute approximate surface area is 84.9 Å². The van der Waals surface area contributed by atoms with Gasteiger partial charge in [0, 0.05) is 25.8 Å². The Bertz CT molecular complexity index is 335. The monoisotopic (exact) mass is 191 g/mol. The van der Waals surface area contributed by atoms with Crippen LogP contribution in [0.1, 0.15) is 6.92 Å². The molecule has 0 saturated carbocycles. The van der Waals surface area contributed by atoms with Crippen LogP contribution in [0.3, 0.4) is 0 Å². The summed E-state index contributed by atoms with van der Waals surface area (Å²) in [6.45, 7) is 4.35. The van der Waals surface area contributed by atoms with Crippen molar-refractivity contribution in [3.8, 4) is 0 Å². The van der Waals surface area contributed by atoms with Crippen LogP contribution in [0.15, 0.2) is 18.2 Å². The summed E-state index contributed by atoms with van der Waals surface area (Å²) in [5.41, 5.74) is 8.96. The number of rotatable bonds is 0. The van der Waals surface area contributed by atoms with Crippen LogP contribution >= 0.6 is 0 Å². The van der Waals surface area contributed by atoms with Gasteiger partial charge in [0.1, 0.15) is 0 Å². The summed E-state index contributed by atoms with van der Waals surface area (Å²) in [6, 6.07) is 6.03. The van der Waals surface area contributed by atoms with E-state index in [1.54, 1.807) is 0 Å². The van der Waals surface area contributed by atoms with Crippen LogP contribution in [-0.4, -0.2) is 20.1 Å². The number of nitrogens with one attached hydrogen (secondary N) is 1. The minimum Gasteiger partial charge on any atom is -0.399 e. The molecule has 0 saturated heterocycles. The van der Waals surface area contributed by atoms with E-state index in [4.69, 9.17) is 5.73 Å². The first-order valence-electron chi connectivity index (χ1n) is 5.01. The van der Waals surface area contributed by atoms with E-state index in [0.717, 1.165) is 24.5 Å². The molecule has 0 bridgehead atoms. The highest BCUT2D eigenvalue weighted by Gasteiger charge is 2.15. The highest BCUT2D eigenvalue weighted by molar-refractivity contribution is 5.74. The van der Waals surface area contributed by atoms with E-state index in [1.807, 2.05) is 12.1 Å². The van der Waals surface area contributed by atoms with Crippen molar-refractivity contribution < 1.29 is 0 Å². The van der Waals surface area contributed by atoms with Gasteiger partial charge in [-0.05, 0) is 24.1 Å². The van der Waals surface area contributed by atoms with Crippen molar-refractivity contribution in [2.75, 3.05) is 36.1 Å². The maximum absolute atomic E-state index is 5.75. The van der Waals surface area contributed by atoms with E-state index in [0.29, 0.717) is 5.92 Å². The van der Waals surface area contributed by atoms with Gasteiger partial charge in [-0.2, -0.15) is 0 Å². The number of hydrogen-bond acceptors (Lipinski definition) is 3. The summed E-state index contributed by atoms with van der Waals surface area (Å²) in [6.07, 6.45) is 0. The molecule has 2 rings (SSSR count). The summed E-state index contributed by atoms with van der Waals surface area (Å²) >= 11 is 0. The number of fused-ring (bicyclic) bond motifs is 1. The molecule has 0 fully saturated rings. The summed E-state index contributed by atoms with van der Waals surface area (Å²) in [5.74, 6) is 0.661. The molecule has 1 aromatic carbocycles. The SMILES string of the molecule is CC1CNc2cc(N)ccc2N(C)C1. The zero-order valence-electron chi connectivity index (χ0n) is 8.75. The Balaban J connectivity index is 2.38. The molecule has 3 heteroatoms. The normalized spacial score (nSPS) is 21.0. The fourth-order valence-electron chi connectivity index (χ4n) is 1.94. The summed E-state index contributed by atoms with van der Waals surface area (Å²) in [5, 5.41) is 3.42. The first kappa shape index (κ1) is 9.19. The molecule has 1 unspecified atom stereocenters. The second-order valence-corrected chi connectivity index (χ2v) is 4.14. The fraction of sp³-hybridized carbons (Fsp3) is 0.455. The van der Waals surface area contributed by atoms with Crippen LogP contribution in [0, 0.1) is 5.92 Å². The molecule has 1 aliphatic heterocycles. The summed E-state index contributed by atoms with van der Waals surface area (Å²) in [4.78, 5) is 2.28. The van der Waals surface area contributed by atoms with Crippen molar-refractivity contribution in [2.24, 2.45) is 5.92 Å². The molecule has 1 atom stereocenters. The van der Waals surface area contributed by atoms with Crippen LogP contribution in [0.2, 0.25) is 0 Å². The van der Waals surface area contributed by atoms with Crippen molar-refractivity contribution >= 4 is 17.1 Å². The lowest BCUT2D eigenvalue weighted by molar-refractivity contribution is 0.618. The maximum Gasteiger partial charge on any atom is 0.0601 e. The molecule has 1 aliphatic rings. The molecule has 0 radical (unpaired) electrons. The molecule has 0 amide bonds. The summed E-state index contributed by atoms with van der Waals surface area (Å²) < 4.78 is 0. The predicted octanol–water partition coefficient (Wildman–Crippen LogP) is 1.77. The van der Waals surface area contributed by atoms with Gasteiger partial charge in [-0.15, -0.1) is 0 Å². The van der Waals surface area contributed by atoms with Crippen molar-refractivity contribution in [3.05, 3.63) is 18.2 Å². The van der Waals surface area contributed by atoms with Gasteiger partial charge in [-0.3, -0.25) is 0 Å². The average molecular weight is 191 g/mol. The van der Waals surface area contributed by atoms with Gasteiger partial charge in [-0.1, -0.05) is 6.92 Å². The Morgan fingerprint density at radius 2 is 2.29 bits per heavy atom. The highest BCUT2D eigenvalue weighted by Crippen LogP contribution is 2.30. The Kier molecular flexibility index (Phi) is 2.23. The maximum atomic E-state index is 5.75. The van der Waals surface area contributed by atoms with Gasteiger partial charge in [0.25, 0.3) is 0 Å². The minimum atomic E-state index is 0.661. The fourth-order valence-corrected chi connectivity index (χ4v) is 1.94. The van der Waals surface area contributed by atoms with Crippen molar-refractivity contribution in [2.45, 2.75) is 6.92 Å². The lowest BCUT2D eigenvalue weighted by Crippen LogP contribution is -2.23. The largest absolute Gasteiger partial charge is 0.399 e. The Hall–Kier alpha value is -1.38. The van der Waals surface area contributed by atoms with Crippen LogP contribution in [0.4, 0.5) is 17.1 Å². The third kappa shape index (κ3) is 1.62. The smallest absolute Gasteiger partial charge is 0.0601 e. The van der Waals surface area contributed by atoms with E-state index in [1.165, 1.54) is 5.69 Å². The van der Waals surface area contributed by atoms with E-state index in [-0.39, 0.29) is 0 Å². The van der Waals surface area contributed by atoms with Crippen LogP contribution in [0.5, 0.6) is 0 Å². The Morgan fingerprint density at radius 1 is 1.50 bits per heavy atom. The quantitative estimate of drug-likeness (QED) is 0.614. The first-order chi connectivity index (χ1) is 6.66. The van der Waals surface area contributed by atoms with Gasteiger partial charge >= 0.3 is 0 Å². The molecule has 3 N–H and O–H groups in total. The third-order valence-corrected chi connectivity index (χ3v) is 2.66. The van der Waals surface area contributed by atoms with E-state index < -0.39 is 0 Å². The molecule has 1 heterocycles. The number of benzene rings is 1. The minimum absolute atomic E-state index is 0.661. The zero-order chi connectivity index (χ0) is 10.1. The molecule has 3 nitrogen and oxygen atoms in total. The standard InChI is InChI=1S/C11H17N3/c1-8-6-13-10-5-9(12)3-4-11(10)14(2)7-8/h3-5,8,13H,6-7,12H2,1-2H3. The highest BCUT2D eigenvalue weighted by atomic mass is 15.1. The van der Waals surface area contributed by atoms with Crippen LogP contribution < -0.4 is 16.0 Å². The number of nitrogens with zero attached hydrogens (tertiary/aromatic N) is 1. The van der Waals surface area contributed by atoms with Gasteiger partial charge in [0.2, 0.25) is 0 Å². The van der Waals surface area contributed by atoms with Gasteiger partial charge < -0.3 is 16.0 Å². The second-order valence-electron chi connectivity index (χ2n) is 4.14. The third-order valence-electron chi connectivity index (χ3n) is 2.66. The topological polar surface area (TPSA) is 41.3 Å². The van der Waals surface area contributed by atoms with E-state index >= 15 is 0 Å². The number of anilines is 3. The van der Waals surface area contributed by atoms with Crippen molar-refractivity contribution in [1.82, 2.24) is 0 Å². The van der Waals surface area contributed by atoms with Crippen molar-refractivity contribution in [3.63, 3.8) is 0 Å². The Morgan fingerprint density at radius 3 is 3.07 bits per heavy atom. The number of nitrogens with two attached hydrogens (primary N) is 1. The summed E-state index contributed by atoms with van der Waals surface area (Å²) in [7, 11) is 2.12. The van der Waals surface area contributed by atoms with Gasteiger partial charge in [-0.25, -0.2) is 0 Å². The molecule has 1 aromatic rings. The van der Waals surface area contributed by atoms with Crippen LogP contribution in [0.25, 0.3) is 0 Å². The number of nitrogen functional groups attached to an aromatic ring is 1. The van der Waals surface area contributed by atoms with Crippen molar-refractivity contribution in [1.29, 1.82) is 0 Å². The zero-order valence-corrected chi connectivity index (χ0v) is 8.75. The molecular formula is C11H17N3. The van der Waals surface area contributed by atoms with E-state index in [2.05, 4.69) is 30.3 Å². The van der Waals surface area contributed by atoms with Gasteiger partial charge in [0.05, 0.1) is 11.4 Å². The molecular weight excluding hydrogens is 174 g/mol. The molecule has 14 heavy (non-hydrogen) atoms. The van der Waals surface area contributed by atoms with Crippen LogP contribution in [-0.2, 0) is 0 Å².